The quantitative estimate of drug-likeness (QED) is 0.587. The largest absolute Gasteiger partial charge is 0.288 e. The highest BCUT2D eigenvalue weighted by Gasteiger charge is 2.06. The van der Waals surface area contributed by atoms with Crippen LogP contribution in [0.1, 0.15) is 0 Å². The molecule has 8 nitrogen and oxygen atoms in total. The molecule has 0 atom stereocenters. The molecule has 0 aliphatic heterocycles. The fraction of sp³-hybridized carbons (Fsp3) is 0. The molecular formula is C9H7N5O3. The molecule has 2 aromatic rings. The number of hydrogen-bond acceptors (Lipinski definition) is 5. The molecule has 17 heavy (non-hydrogen) atoms. The van der Waals surface area contributed by atoms with Crippen LogP contribution in [0.4, 0.5) is 5.95 Å². The van der Waals surface area contributed by atoms with E-state index in [2.05, 4.69) is 15.0 Å². The van der Waals surface area contributed by atoms with Crippen LogP contribution in [0.2, 0.25) is 0 Å². The molecule has 0 spiro atoms. The minimum atomic E-state index is -0.797. The van der Waals surface area contributed by atoms with Crippen molar-refractivity contribution in [1.29, 1.82) is 0 Å². The minimum absolute atomic E-state index is 0.214. The van der Waals surface area contributed by atoms with Crippen molar-refractivity contribution in [3.8, 4) is 11.3 Å². The van der Waals surface area contributed by atoms with Gasteiger partial charge in [0.2, 0.25) is 0 Å². The predicted octanol–water partition coefficient (Wildman–Crippen LogP) is 0.435. The Bertz CT molecular complexity index is 595. The monoisotopic (exact) mass is 233 g/mol. The molecule has 0 unspecified atom stereocenters. The van der Waals surface area contributed by atoms with Crippen molar-refractivity contribution in [1.82, 2.24) is 15.0 Å². The van der Waals surface area contributed by atoms with Gasteiger partial charge in [0, 0.05) is 24.0 Å². The minimum Gasteiger partial charge on any atom is -0.288 e. The summed E-state index contributed by atoms with van der Waals surface area (Å²) in [6.07, 6.45) is 3.08. The van der Waals surface area contributed by atoms with Gasteiger partial charge in [0.25, 0.3) is 11.5 Å². The van der Waals surface area contributed by atoms with Crippen LogP contribution in [0.25, 0.3) is 11.3 Å². The Labute approximate surface area is 94.5 Å². The molecule has 86 valence electrons. The number of aromatic amines is 1. The summed E-state index contributed by atoms with van der Waals surface area (Å²) in [5.41, 5.74) is 2.30. The van der Waals surface area contributed by atoms with Gasteiger partial charge in [-0.05, 0) is 12.1 Å². The standard InChI is InChI=1S/C9H7N5O3/c15-8-5-7(6-1-3-10-4-2-6)11-9(12-8)13-14(16)17/h1-5H,(H2,11,12,13,15). The lowest BCUT2D eigenvalue weighted by molar-refractivity contribution is -0.446. The van der Waals surface area contributed by atoms with Crippen molar-refractivity contribution in [2.45, 2.75) is 0 Å². The van der Waals surface area contributed by atoms with E-state index in [4.69, 9.17) is 0 Å². The summed E-state index contributed by atoms with van der Waals surface area (Å²) in [7, 11) is 0. The van der Waals surface area contributed by atoms with Crippen LogP contribution in [0, 0.1) is 10.1 Å². The third-order valence-electron chi connectivity index (χ3n) is 1.91. The Balaban J connectivity index is 2.45. The van der Waals surface area contributed by atoms with Crippen LogP contribution in [-0.4, -0.2) is 20.0 Å². The van der Waals surface area contributed by atoms with Crippen molar-refractivity contribution in [3.63, 3.8) is 0 Å². The zero-order valence-corrected chi connectivity index (χ0v) is 8.45. The molecule has 0 radical (unpaired) electrons. The van der Waals surface area contributed by atoms with Gasteiger partial charge in [-0.2, -0.15) is 0 Å². The highest BCUT2D eigenvalue weighted by atomic mass is 16.7. The summed E-state index contributed by atoms with van der Waals surface area (Å²) in [4.78, 5) is 31.5. The summed E-state index contributed by atoms with van der Waals surface area (Å²) >= 11 is 0. The molecule has 2 aromatic heterocycles. The molecule has 8 heteroatoms. The molecule has 2 heterocycles. The van der Waals surface area contributed by atoms with Gasteiger partial charge in [0.05, 0.1) is 5.69 Å². The molecule has 0 amide bonds. The molecule has 0 saturated carbocycles. The first-order valence-electron chi connectivity index (χ1n) is 4.58. The second-order valence-electron chi connectivity index (χ2n) is 3.08. The summed E-state index contributed by atoms with van der Waals surface area (Å²) in [6.45, 7) is 0. The molecular weight excluding hydrogens is 226 g/mol. The molecule has 0 aliphatic rings. The highest BCUT2D eigenvalue weighted by molar-refractivity contribution is 5.58. The van der Waals surface area contributed by atoms with Crippen molar-refractivity contribution >= 4 is 5.95 Å². The number of pyridine rings is 1. The topological polar surface area (TPSA) is 114 Å². The van der Waals surface area contributed by atoms with E-state index in [-0.39, 0.29) is 5.95 Å². The lowest BCUT2D eigenvalue weighted by Gasteiger charge is -2.01. The number of nitrogens with one attached hydrogen (secondary N) is 2. The summed E-state index contributed by atoms with van der Waals surface area (Å²) < 4.78 is 0. The van der Waals surface area contributed by atoms with Crippen molar-refractivity contribution < 1.29 is 5.03 Å². The zero-order chi connectivity index (χ0) is 12.3. The molecule has 2 N–H and O–H groups in total. The highest BCUT2D eigenvalue weighted by Crippen LogP contribution is 2.14. The second-order valence-corrected chi connectivity index (χ2v) is 3.08. The van der Waals surface area contributed by atoms with Crippen LogP contribution in [0.3, 0.4) is 0 Å². The fourth-order valence-corrected chi connectivity index (χ4v) is 1.27. The van der Waals surface area contributed by atoms with E-state index in [1.807, 2.05) is 0 Å². The van der Waals surface area contributed by atoms with Crippen LogP contribution >= 0.6 is 0 Å². The first kappa shape index (κ1) is 10.7. The Morgan fingerprint density at radius 1 is 1.35 bits per heavy atom. The average molecular weight is 233 g/mol. The van der Waals surface area contributed by atoms with Gasteiger partial charge < -0.3 is 0 Å². The van der Waals surface area contributed by atoms with E-state index >= 15 is 0 Å². The smallest absolute Gasteiger partial charge is 0.266 e. The maximum Gasteiger partial charge on any atom is 0.266 e. The first-order chi connectivity index (χ1) is 8.15. The van der Waals surface area contributed by atoms with E-state index in [0.29, 0.717) is 11.3 Å². The Kier molecular flexibility index (Phi) is 2.77. The van der Waals surface area contributed by atoms with Gasteiger partial charge in [-0.15, -0.1) is 0 Å². The van der Waals surface area contributed by atoms with Gasteiger partial charge in [-0.3, -0.25) is 14.8 Å². The Morgan fingerprint density at radius 3 is 2.71 bits per heavy atom. The number of anilines is 1. The summed E-state index contributed by atoms with van der Waals surface area (Å²) in [5, 5.41) is 9.45. The van der Waals surface area contributed by atoms with Crippen LogP contribution in [0.15, 0.2) is 35.4 Å². The molecule has 0 bridgehead atoms. The lowest BCUT2D eigenvalue weighted by atomic mass is 10.2. The van der Waals surface area contributed by atoms with E-state index < -0.39 is 10.6 Å². The van der Waals surface area contributed by atoms with Gasteiger partial charge in [0.1, 0.15) is 0 Å². The van der Waals surface area contributed by atoms with Crippen LogP contribution in [-0.2, 0) is 0 Å². The van der Waals surface area contributed by atoms with Gasteiger partial charge >= 0.3 is 0 Å². The van der Waals surface area contributed by atoms with E-state index in [0.717, 1.165) is 0 Å². The number of hydrazine groups is 1. The first-order valence-corrected chi connectivity index (χ1v) is 4.58. The summed E-state index contributed by atoms with van der Waals surface area (Å²) in [5.74, 6) is -0.214. The SMILES string of the molecule is O=c1cc(-c2ccncc2)nc(N[N+](=O)[O-])[nH]1. The van der Waals surface area contributed by atoms with E-state index in [1.165, 1.54) is 6.07 Å². The fourth-order valence-electron chi connectivity index (χ4n) is 1.27. The number of nitro groups is 1. The van der Waals surface area contributed by atoms with Gasteiger partial charge in [0.15, 0.2) is 5.03 Å². The number of nitrogens with zero attached hydrogens (tertiary/aromatic N) is 3. The third-order valence-corrected chi connectivity index (χ3v) is 1.91. The molecule has 0 fully saturated rings. The van der Waals surface area contributed by atoms with Crippen LogP contribution in [0.5, 0.6) is 0 Å². The van der Waals surface area contributed by atoms with Crippen molar-refractivity contribution in [3.05, 3.63) is 51.1 Å². The maximum absolute atomic E-state index is 11.3. The lowest BCUT2D eigenvalue weighted by Crippen LogP contribution is -2.16. The number of hydrogen-bond donors (Lipinski definition) is 2. The molecule has 2 rings (SSSR count). The van der Waals surface area contributed by atoms with Crippen molar-refractivity contribution in [2.24, 2.45) is 0 Å². The van der Waals surface area contributed by atoms with Gasteiger partial charge in [-0.25, -0.2) is 15.1 Å². The zero-order valence-electron chi connectivity index (χ0n) is 8.45. The molecule has 0 saturated heterocycles. The van der Waals surface area contributed by atoms with Gasteiger partial charge in [-0.1, -0.05) is 5.43 Å². The number of H-pyrrole nitrogens is 1. The summed E-state index contributed by atoms with van der Waals surface area (Å²) in [6, 6.07) is 4.55. The van der Waals surface area contributed by atoms with E-state index in [1.54, 1.807) is 30.0 Å². The number of rotatable bonds is 3. The second kappa shape index (κ2) is 4.39. The Hall–Kier alpha value is -2.77. The maximum atomic E-state index is 11.3. The number of aromatic nitrogens is 3. The van der Waals surface area contributed by atoms with Crippen molar-refractivity contribution in [2.75, 3.05) is 5.43 Å². The average Bonchev–Trinajstić information content (AvgIpc) is 2.28. The van der Waals surface area contributed by atoms with E-state index in [9.17, 15) is 14.9 Å². The predicted molar refractivity (Wildman–Crippen MR) is 58.7 cm³/mol. The molecule has 0 aromatic carbocycles. The third kappa shape index (κ3) is 2.62. The normalized spacial score (nSPS) is 9.88. The van der Waals surface area contributed by atoms with Crippen LogP contribution < -0.4 is 11.0 Å². The molecule has 0 aliphatic carbocycles. The Morgan fingerprint density at radius 2 is 2.06 bits per heavy atom.